The van der Waals surface area contributed by atoms with Gasteiger partial charge in [-0.1, -0.05) is 323 Å². The van der Waals surface area contributed by atoms with Gasteiger partial charge in [0, 0.05) is 18.1 Å². The molecule has 0 spiro atoms. The van der Waals surface area contributed by atoms with Crippen molar-refractivity contribution in [2.45, 2.75) is 347 Å². The van der Waals surface area contributed by atoms with Crippen LogP contribution in [0.3, 0.4) is 0 Å². The molecule has 0 bridgehead atoms. The average Bonchev–Trinajstić information content (AvgIpc) is 3.25. The quantitative estimate of drug-likeness (QED) is 0.0375. The van der Waals surface area contributed by atoms with Crippen LogP contribution in [0.15, 0.2) is 0 Å². The van der Waals surface area contributed by atoms with Gasteiger partial charge in [0.15, 0.2) is 0 Å². The van der Waals surface area contributed by atoms with Crippen LogP contribution in [0.5, 0.6) is 0 Å². The van der Waals surface area contributed by atoms with Gasteiger partial charge in [-0.3, -0.25) is 0 Å². The minimum atomic E-state index is -3.50. The molecule has 0 radical (unpaired) electrons. The van der Waals surface area contributed by atoms with Gasteiger partial charge in [-0.15, -0.1) is 22.2 Å². The van der Waals surface area contributed by atoms with Crippen LogP contribution in [0.4, 0.5) is 0 Å². The van der Waals surface area contributed by atoms with E-state index in [1.165, 1.54) is 270 Å². The lowest BCUT2D eigenvalue weighted by atomic mass is 10.0. The topological polar surface area (TPSA) is 47.9 Å². The molecule has 378 valence electrons. The molecule has 0 aromatic heterocycles. The van der Waals surface area contributed by atoms with Crippen LogP contribution in [0.1, 0.15) is 329 Å². The number of hydrogen-bond donors (Lipinski definition) is 1. The Kier molecular flexibility index (Phi) is 44.9. The third kappa shape index (κ3) is 40.6. The second-order valence-corrected chi connectivity index (χ2v) is 32.0. The first-order valence-electron chi connectivity index (χ1n) is 29.0. The fourth-order valence-corrected chi connectivity index (χ4v) is 27.1. The number of halogens is 2. The molecule has 9 heteroatoms. The third-order valence-electron chi connectivity index (χ3n) is 13.9. The Hall–Kier alpha value is 1.07. The van der Waals surface area contributed by atoms with E-state index in [4.69, 9.17) is 34.5 Å². The van der Waals surface area contributed by atoms with Crippen LogP contribution in [-0.2, 0) is 12.3 Å². The van der Waals surface area contributed by atoms with Gasteiger partial charge in [0.1, 0.15) is 0 Å². The highest BCUT2D eigenvalue weighted by Gasteiger charge is 2.62. The molecule has 63 heavy (non-hydrogen) atoms. The minimum Gasteiger partial charge on any atom is -0.392 e. The van der Waals surface area contributed by atoms with Crippen LogP contribution < -0.4 is 0 Å². The van der Waals surface area contributed by atoms with E-state index in [-0.39, 0.29) is 0 Å². The summed E-state index contributed by atoms with van der Waals surface area (Å²) in [5.41, 5.74) is 0. The van der Waals surface area contributed by atoms with Crippen molar-refractivity contribution in [2.75, 3.05) is 0 Å². The summed E-state index contributed by atoms with van der Waals surface area (Å²) in [6.45, 7) is 6.89. The molecule has 2 unspecified atom stereocenters. The Bertz CT molecular complexity index is 813. The molecule has 0 aromatic carbocycles. The smallest absolute Gasteiger partial charge is 0.392 e. The average molecular weight is 981 g/mol. The van der Waals surface area contributed by atoms with Crippen molar-refractivity contribution >= 4 is 46.7 Å². The molecule has 1 saturated heterocycles. The second-order valence-electron chi connectivity index (χ2n) is 20.5. The summed E-state index contributed by atoms with van der Waals surface area (Å²) in [5.74, 6) is 0. The molecular weight excluding hydrogens is 868 g/mol. The molecule has 0 aromatic rings. The van der Waals surface area contributed by atoms with E-state index in [2.05, 4.69) is 20.8 Å². The van der Waals surface area contributed by atoms with E-state index in [9.17, 15) is 4.80 Å². The summed E-state index contributed by atoms with van der Waals surface area (Å²) in [6.07, 6.45) is 64.2. The molecule has 0 amide bonds. The zero-order valence-electron chi connectivity index (χ0n) is 43.0. The molecule has 0 aliphatic carbocycles. The van der Waals surface area contributed by atoms with Crippen molar-refractivity contribution in [2.24, 2.45) is 0 Å². The van der Waals surface area contributed by atoms with Crippen LogP contribution in [-0.4, -0.2) is 29.3 Å². The highest BCUT2D eigenvalue weighted by molar-refractivity contribution is 7.26. The Morgan fingerprint density at radius 1 is 0.238 bits per heavy atom. The third-order valence-corrected chi connectivity index (χ3v) is 28.2. The summed E-state index contributed by atoms with van der Waals surface area (Å²) in [6, 6.07) is 1.96. The van der Waals surface area contributed by atoms with Crippen molar-refractivity contribution < 1.29 is 17.1 Å². The number of hydrogen-bond acceptors (Lipinski definition) is 4. The predicted molar refractivity (Wildman–Crippen MR) is 288 cm³/mol. The molecule has 4 nitrogen and oxygen atoms in total. The van der Waals surface area contributed by atoms with Crippen molar-refractivity contribution in [3.8, 4) is 0 Å². The van der Waals surface area contributed by atoms with E-state index in [0.29, 0.717) is 18.1 Å². The molecule has 1 N–H and O–H groups in total. The van der Waals surface area contributed by atoms with E-state index < -0.39 is 24.5 Å². The normalized spacial score (nSPS) is 20.3. The lowest BCUT2D eigenvalue weighted by molar-refractivity contribution is 0.164. The lowest BCUT2D eigenvalue weighted by Gasteiger charge is -2.45. The van der Waals surface area contributed by atoms with E-state index in [1.807, 2.05) is 0 Å². The zero-order chi connectivity index (χ0) is 45.7. The van der Waals surface area contributed by atoms with E-state index >= 15 is 0 Å². The summed E-state index contributed by atoms with van der Waals surface area (Å²) < 4.78 is 19.5. The minimum absolute atomic E-state index is 0.565. The maximum absolute atomic E-state index is 11.9. The van der Waals surface area contributed by atoms with Gasteiger partial charge in [-0.2, -0.15) is 0 Å². The van der Waals surface area contributed by atoms with Gasteiger partial charge >= 0.3 is 24.5 Å². The van der Waals surface area contributed by atoms with E-state index in [1.54, 1.807) is 0 Å². The fourth-order valence-electron chi connectivity index (χ4n) is 9.74. The van der Waals surface area contributed by atoms with Gasteiger partial charge in [-0.05, 0) is 6.42 Å². The summed E-state index contributed by atoms with van der Waals surface area (Å²) in [4.78, 5) is 11.9. The summed E-state index contributed by atoms with van der Waals surface area (Å²) >= 11 is 14.6. The Balaban J connectivity index is 2.37. The highest BCUT2D eigenvalue weighted by Crippen LogP contribution is 2.42. The predicted octanol–water partition coefficient (Wildman–Crippen LogP) is 21.1. The molecule has 1 fully saturated rings. The monoisotopic (exact) mass is 979 g/mol. The largest absolute Gasteiger partial charge is 0.481 e. The van der Waals surface area contributed by atoms with Crippen molar-refractivity contribution in [1.82, 2.24) is 0 Å². The molecule has 2 atom stereocenters. The fraction of sp³-hybridized carbons (Fsp3) is 1.00. The van der Waals surface area contributed by atoms with Crippen molar-refractivity contribution in [1.29, 1.82) is 0 Å². The van der Waals surface area contributed by atoms with Crippen LogP contribution in [0, 0.1) is 0 Å². The van der Waals surface area contributed by atoms with Gasteiger partial charge < -0.3 is 17.1 Å². The summed E-state index contributed by atoms with van der Waals surface area (Å²) in [7, 11) is -9.80. The first kappa shape index (κ1) is 62.1. The molecule has 0 saturated carbocycles. The van der Waals surface area contributed by atoms with Crippen LogP contribution >= 0.6 is 22.2 Å². The first-order chi connectivity index (χ1) is 30.8. The Morgan fingerprint density at radius 2 is 0.397 bits per heavy atom. The number of unbranched alkanes of at least 4 members (excludes halogenated alkanes) is 45. The standard InChI is InChI=1S/C54H112Cl2O4Si3/c1-4-7-10-13-16-19-22-25-28-31-34-37-40-43-46-49-52-61(55)58-62(56,53-50-47-44-41-38-35-32-29-26-23-20-17-14-11-8-5-2)60-63(57,59-61)54-51-48-45-42-39-36-33-30-27-24-21-18-15-12-9-6-3/h57H,4-54H2,1-3H3. The Morgan fingerprint density at radius 3 is 0.587 bits per heavy atom. The highest BCUT2D eigenvalue weighted by atomic mass is 35.6. The second kappa shape index (κ2) is 45.5. The van der Waals surface area contributed by atoms with Gasteiger partial charge in [0.2, 0.25) is 0 Å². The lowest BCUT2D eigenvalue weighted by Crippen LogP contribution is -2.67. The van der Waals surface area contributed by atoms with Gasteiger partial charge in [-0.25, -0.2) is 0 Å². The Labute approximate surface area is 408 Å². The first-order valence-corrected chi connectivity index (χ1v) is 37.1. The maximum Gasteiger partial charge on any atom is 0.481 e. The molecule has 1 aliphatic heterocycles. The molecular formula is C54H112Cl2O4Si3. The van der Waals surface area contributed by atoms with Crippen LogP contribution in [0.2, 0.25) is 18.1 Å². The van der Waals surface area contributed by atoms with Crippen LogP contribution in [0.25, 0.3) is 0 Å². The van der Waals surface area contributed by atoms with Crippen molar-refractivity contribution in [3.05, 3.63) is 0 Å². The summed E-state index contributed by atoms with van der Waals surface area (Å²) in [5, 5.41) is 0. The van der Waals surface area contributed by atoms with Crippen molar-refractivity contribution in [3.63, 3.8) is 0 Å². The van der Waals surface area contributed by atoms with Gasteiger partial charge in [0.05, 0.1) is 0 Å². The molecule has 1 aliphatic rings. The van der Waals surface area contributed by atoms with E-state index in [0.717, 1.165) is 38.5 Å². The number of rotatable bonds is 51. The zero-order valence-corrected chi connectivity index (χ0v) is 47.5. The SMILES string of the molecule is CCCCCCCCCCCCCCCCCC[Si]1(O)O[Si](Cl)(CCCCCCCCCCCCCCCCCC)O[Si](Cl)(CCCCCCCCCCCCCCCCCC)O1. The maximum atomic E-state index is 11.9. The molecule has 1 rings (SSSR count). The molecule has 1 heterocycles. The van der Waals surface area contributed by atoms with Gasteiger partial charge in [0.25, 0.3) is 0 Å².